The summed E-state index contributed by atoms with van der Waals surface area (Å²) in [5.41, 5.74) is 2.67. The van der Waals surface area contributed by atoms with Crippen molar-refractivity contribution in [1.82, 2.24) is 9.66 Å². The van der Waals surface area contributed by atoms with E-state index in [1.165, 1.54) is 18.5 Å². The summed E-state index contributed by atoms with van der Waals surface area (Å²) in [5.74, 6) is 0. The third-order valence-electron chi connectivity index (χ3n) is 2.14. The molecule has 2 aromatic rings. The lowest BCUT2D eigenvalue weighted by molar-refractivity contribution is 0.806. The molecule has 0 amide bonds. The van der Waals surface area contributed by atoms with Gasteiger partial charge >= 0.3 is 5.69 Å². The number of nitrogens with one attached hydrogen (secondary N) is 2. The summed E-state index contributed by atoms with van der Waals surface area (Å²) in [5, 5.41) is 0. The van der Waals surface area contributed by atoms with Gasteiger partial charge in [0.2, 0.25) is 0 Å². The minimum atomic E-state index is -0.504. The number of nitrogens with zero attached hydrogens (tertiary/aromatic N) is 1. The number of aromatic amines is 1. The van der Waals surface area contributed by atoms with Crippen LogP contribution in [0.2, 0.25) is 0 Å². The molecular formula is C12H11N3O2. The van der Waals surface area contributed by atoms with Crippen LogP contribution >= 0.6 is 0 Å². The third-order valence-corrected chi connectivity index (χ3v) is 2.14. The van der Waals surface area contributed by atoms with Gasteiger partial charge in [0, 0.05) is 18.5 Å². The fourth-order valence-corrected chi connectivity index (χ4v) is 1.32. The van der Waals surface area contributed by atoms with E-state index in [0.29, 0.717) is 0 Å². The molecule has 1 aromatic carbocycles. The van der Waals surface area contributed by atoms with Gasteiger partial charge in [-0.25, -0.2) is 4.79 Å². The number of H-pyrrole nitrogens is 1. The molecule has 0 aliphatic heterocycles. The molecule has 0 aliphatic carbocycles. The minimum absolute atomic E-state index is 0.411. The highest BCUT2D eigenvalue weighted by Crippen LogP contribution is 1.99. The summed E-state index contributed by atoms with van der Waals surface area (Å²) < 4.78 is 0.888. The van der Waals surface area contributed by atoms with Crippen molar-refractivity contribution >= 4 is 6.08 Å². The molecule has 0 bridgehead atoms. The molecule has 0 atom stereocenters. The maximum atomic E-state index is 11.3. The fourth-order valence-electron chi connectivity index (χ4n) is 1.32. The Morgan fingerprint density at radius 3 is 2.59 bits per heavy atom. The molecule has 86 valence electrons. The van der Waals surface area contributed by atoms with Crippen LogP contribution in [0.4, 0.5) is 0 Å². The lowest BCUT2D eigenvalue weighted by atomic mass is 10.2. The van der Waals surface area contributed by atoms with Crippen LogP contribution in [0.3, 0.4) is 0 Å². The van der Waals surface area contributed by atoms with Gasteiger partial charge in [0.15, 0.2) is 0 Å². The average molecular weight is 229 g/mol. The summed E-state index contributed by atoms with van der Waals surface area (Å²) in [4.78, 5) is 25.0. The Morgan fingerprint density at radius 1 is 1.12 bits per heavy atom. The van der Waals surface area contributed by atoms with E-state index in [2.05, 4.69) is 10.4 Å². The van der Waals surface area contributed by atoms with Crippen molar-refractivity contribution in [2.75, 3.05) is 5.43 Å². The van der Waals surface area contributed by atoms with E-state index in [4.69, 9.17) is 0 Å². The summed E-state index contributed by atoms with van der Waals surface area (Å²) in [7, 11) is 0. The predicted octanol–water partition coefficient (Wildman–Crippen LogP) is 0.751. The first-order chi connectivity index (χ1) is 8.27. The van der Waals surface area contributed by atoms with Gasteiger partial charge in [0.25, 0.3) is 5.56 Å². The first kappa shape index (κ1) is 10.9. The van der Waals surface area contributed by atoms with Gasteiger partial charge in [-0.2, -0.15) is 4.68 Å². The van der Waals surface area contributed by atoms with Crippen LogP contribution in [0.1, 0.15) is 5.56 Å². The van der Waals surface area contributed by atoms with Crippen LogP contribution in [0.5, 0.6) is 0 Å². The molecule has 0 saturated carbocycles. The second-order valence-corrected chi connectivity index (χ2v) is 3.33. The first-order valence-electron chi connectivity index (χ1n) is 5.06. The van der Waals surface area contributed by atoms with E-state index in [0.717, 1.165) is 10.2 Å². The van der Waals surface area contributed by atoms with E-state index >= 15 is 0 Å². The normalized spacial score (nSPS) is 10.6. The van der Waals surface area contributed by atoms with E-state index < -0.39 is 11.2 Å². The molecule has 17 heavy (non-hydrogen) atoms. The van der Waals surface area contributed by atoms with Gasteiger partial charge < -0.3 is 4.98 Å². The molecule has 0 spiro atoms. The number of hydrogen-bond acceptors (Lipinski definition) is 3. The largest absolute Gasteiger partial charge is 0.347 e. The molecule has 2 rings (SSSR count). The number of hydrogen-bond donors (Lipinski definition) is 2. The van der Waals surface area contributed by atoms with Crippen LogP contribution in [0.25, 0.3) is 6.08 Å². The van der Waals surface area contributed by atoms with E-state index in [1.807, 2.05) is 30.3 Å². The smallest absolute Gasteiger partial charge is 0.312 e. The quantitative estimate of drug-likeness (QED) is 0.816. The molecule has 0 unspecified atom stereocenters. The molecule has 0 radical (unpaired) electrons. The fraction of sp³-hybridized carbons (Fsp3) is 0. The molecule has 1 heterocycles. The summed E-state index contributed by atoms with van der Waals surface area (Å²) in [6, 6.07) is 10.8. The Hall–Kier alpha value is -2.56. The standard InChI is InChI=1S/C12H11N3O2/c16-11-7-8-13-12(17)15(11)14-9-6-10-4-2-1-3-5-10/h1-9,14H,(H,13,17). The number of rotatable bonds is 3. The molecule has 5 heteroatoms. The predicted molar refractivity (Wildman–Crippen MR) is 66.2 cm³/mol. The molecule has 5 nitrogen and oxygen atoms in total. The Bertz CT molecular complexity index is 598. The molecule has 0 fully saturated rings. The Kier molecular flexibility index (Phi) is 3.20. The maximum Gasteiger partial charge on any atom is 0.347 e. The van der Waals surface area contributed by atoms with Crippen molar-refractivity contribution in [3.63, 3.8) is 0 Å². The summed E-state index contributed by atoms with van der Waals surface area (Å²) in [6.07, 6.45) is 4.61. The van der Waals surface area contributed by atoms with E-state index in [-0.39, 0.29) is 0 Å². The minimum Gasteiger partial charge on any atom is -0.312 e. The maximum absolute atomic E-state index is 11.3. The molecule has 0 saturated heterocycles. The Labute approximate surface area is 97.0 Å². The van der Waals surface area contributed by atoms with Gasteiger partial charge in [0.1, 0.15) is 0 Å². The van der Waals surface area contributed by atoms with Crippen molar-refractivity contribution < 1.29 is 0 Å². The molecular weight excluding hydrogens is 218 g/mol. The topological polar surface area (TPSA) is 66.9 Å². The second kappa shape index (κ2) is 4.98. The van der Waals surface area contributed by atoms with Crippen molar-refractivity contribution in [3.8, 4) is 0 Å². The summed E-state index contributed by atoms with van der Waals surface area (Å²) in [6.45, 7) is 0. The zero-order valence-electron chi connectivity index (χ0n) is 8.96. The number of benzene rings is 1. The van der Waals surface area contributed by atoms with Gasteiger partial charge in [0.05, 0.1) is 0 Å². The van der Waals surface area contributed by atoms with Gasteiger partial charge in [-0.05, 0) is 11.6 Å². The molecule has 1 aromatic heterocycles. The van der Waals surface area contributed by atoms with Crippen molar-refractivity contribution in [1.29, 1.82) is 0 Å². The first-order valence-corrected chi connectivity index (χ1v) is 5.06. The lowest BCUT2D eigenvalue weighted by Crippen LogP contribution is -2.38. The monoisotopic (exact) mass is 229 g/mol. The molecule has 0 aliphatic rings. The zero-order valence-corrected chi connectivity index (χ0v) is 8.96. The van der Waals surface area contributed by atoms with E-state index in [1.54, 1.807) is 6.08 Å². The highest BCUT2D eigenvalue weighted by molar-refractivity contribution is 5.49. The highest BCUT2D eigenvalue weighted by atomic mass is 16.2. The van der Waals surface area contributed by atoms with Crippen LogP contribution in [0.15, 0.2) is 58.4 Å². The van der Waals surface area contributed by atoms with Crippen LogP contribution in [-0.2, 0) is 0 Å². The molecule has 2 N–H and O–H groups in total. The van der Waals surface area contributed by atoms with Crippen molar-refractivity contribution in [2.24, 2.45) is 0 Å². The Balaban J connectivity index is 2.16. The Morgan fingerprint density at radius 2 is 1.88 bits per heavy atom. The highest BCUT2D eigenvalue weighted by Gasteiger charge is 1.95. The SMILES string of the molecule is O=c1cc[nH]c(=O)n1NC=Cc1ccccc1. The van der Waals surface area contributed by atoms with Gasteiger partial charge in [-0.15, -0.1) is 0 Å². The van der Waals surface area contributed by atoms with Crippen LogP contribution < -0.4 is 16.7 Å². The zero-order chi connectivity index (χ0) is 12.1. The van der Waals surface area contributed by atoms with Crippen molar-refractivity contribution in [2.45, 2.75) is 0 Å². The van der Waals surface area contributed by atoms with Gasteiger partial charge in [-0.1, -0.05) is 30.3 Å². The second-order valence-electron chi connectivity index (χ2n) is 3.33. The van der Waals surface area contributed by atoms with Crippen molar-refractivity contribution in [3.05, 3.63) is 75.2 Å². The van der Waals surface area contributed by atoms with Crippen LogP contribution in [-0.4, -0.2) is 9.66 Å². The average Bonchev–Trinajstić information content (AvgIpc) is 2.34. The van der Waals surface area contributed by atoms with Crippen LogP contribution in [0, 0.1) is 0 Å². The van der Waals surface area contributed by atoms with Gasteiger partial charge in [-0.3, -0.25) is 10.2 Å². The summed E-state index contributed by atoms with van der Waals surface area (Å²) >= 11 is 0. The number of aromatic nitrogens is 2. The van der Waals surface area contributed by atoms with E-state index in [9.17, 15) is 9.59 Å². The third kappa shape index (κ3) is 2.72. The lowest BCUT2D eigenvalue weighted by Gasteiger charge is -2.01.